The molecular weight excluding hydrogens is 320 g/mol. The first-order valence-corrected chi connectivity index (χ1v) is 7.62. The van der Waals surface area contributed by atoms with E-state index in [9.17, 15) is 4.79 Å². The van der Waals surface area contributed by atoms with Crippen molar-refractivity contribution in [3.63, 3.8) is 0 Å². The van der Waals surface area contributed by atoms with Gasteiger partial charge in [-0.3, -0.25) is 10.1 Å². The van der Waals surface area contributed by atoms with Crippen LogP contribution in [-0.2, 0) is 11.3 Å². The Morgan fingerprint density at radius 3 is 2.96 bits per heavy atom. The molecule has 0 atom stereocenters. The van der Waals surface area contributed by atoms with Crippen molar-refractivity contribution in [1.82, 2.24) is 24.5 Å². The molecule has 0 saturated carbocycles. The maximum absolute atomic E-state index is 12.0. The number of oxazole rings is 1. The Hall–Kier alpha value is -3.55. The maximum Gasteiger partial charge on any atom is 0.246 e. The van der Waals surface area contributed by atoms with E-state index in [1.165, 1.54) is 0 Å². The molecular formula is C17H14N6O2. The van der Waals surface area contributed by atoms with Crippen LogP contribution in [0.2, 0.25) is 0 Å². The van der Waals surface area contributed by atoms with E-state index in [2.05, 4.69) is 25.3 Å². The number of amides is 1. The highest BCUT2D eigenvalue weighted by molar-refractivity contribution is 5.90. The number of carbonyl (C=O) groups is 1. The molecule has 0 spiro atoms. The zero-order valence-corrected chi connectivity index (χ0v) is 13.4. The number of imidazole rings is 1. The predicted molar refractivity (Wildman–Crippen MR) is 90.6 cm³/mol. The van der Waals surface area contributed by atoms with Crippen LogP contribution in [0.1, 0.15) is 5.89 Å². The van der Waals surface area contributed by atoms with Crippen LogP contribution in [0.15, 0.2) is 53.7 Å². The topological polar surface area (TPSA) is 98.7 Å². The van der Waals surface area contributed by atoms with E-state index in [4.69, 9.17) is 4.42 Å². The van der Waals surface area contributed by atoms with Crippen molar-refractivity contribution < 1.29 is 9.21 Å². The minimum atomic E-state index is -0.223. The third-order valence-electron chi connectivity index (χ3n) is 3.63. The molecule has 0 bridgehead atoms. The summed E-state index contributed by atoms with van der Waals surface area (Å²) in [6.07, 6.45) is 8.25. The molecule has 8 heteroatoms. The molecule has 0 unspecified atom stereocenters. The average molecular weight is 334 g/mol. The molecule has 3 aromatic heterocycles. The molecule has 0 aliphatic carbocycles. The number of aryl methyl sites for hydroxylation is 1. The first kappa shape index (κ1) is 15.0. The van der Waals surface area contributed by atoms with Gasteiger partial charge in [-0.2, -0.15) is 0 Å². The van der Waals surface area contributed by atoms with Gasteiger partial charge in [0.1, 0.15) is 6.54 Å². The predicted octanol–water partition coefficient (Wildman–Crippen LogP) is 2.43. The SMILES string of the molecule is Cc1ncc(-c2ccc3cnc(NC(=O)Cn4ccnc4)nc3c2)o1. The summed E-state index contributed by atoms with van der Waals surface area (Å²) in [7, 11) is 0. The number of aromatic nitrogens is 5. The van der Waals surface area contributed by atoms with Gasteiger partial charge in [-0.05, 0) is 6.07 Å². The van der Waals surface area contributed by atoms with Crippen molar-refractivity contribution in [1.29, 1.82) is 0 Å². The highest BCUT2D eigenvalue weighted by atomic mass is 16.4. The Balaban J connectivity index is 1.59. The summed E-state index contributed by atoms with van der Waals surface area (Å²) in [6, 6.07) is 5.70. The second kappa shape index (κ2) is 6.16. The number of fused-ring (bicyclic) bond motifs is 1. The quantitative estimate of drug-likeness (QED) is 0.615. The smallest absolute Gasteiger partial charge is 0.246 e. The van der Waals surface area contributed by atoms with Crippen LogP contribution < -0.4 is 5.32 Å². The normalized spacial score (nSPS) is 10.9. The second-order valence-corrected chi connectivity index (χ2v) is 5.49. The van der Waals surface area contributed by atoms with Crippen molar-refractivity contribution >= 4 is 22.8 Å². The highest BCUT2D eigenvalue weighted by Gasteiger charge is 2.09. The monoisotopic (exact) mass is 334 g/mol. The molecule has 124 valence electrons. The lowest BCUT2D eigenvalue weighted by Crippen LogP contribution is -2.19. The molecule has 1 amide bonds. The van der Waals surface area contributed by atoms with Gasteiger partial charge in [0, 0.05) is 36.5 Å². The highest BCUT2D eigenvalue weighted by Crippen LogP contribution is 2.24. The number of hydrogen-bond acceptors (Lipinski definition) is 6. The van der Waals surface area contributed by atoms with Crippen LogP contribution >= 0.6 is 0 Å². The van der Waals surface area contributed by atoms with Gasteiger partial charge >= 0.3 is 0 Å². The summed E-state index contributed by atoms with van der Waals surface area (Å²) in [6.45, 7) is 1.94. The Kier molecular flexibility index (Phi) is 3.70. The second-order valence-electron chi connectivity index (χ2n) is 5.49. The standard InChI is InChI=1S/C17H14N6O2/c1-11-19-8-15(25-11)12-2-3-13-7-20-17(21-14(13)6-12)22-16(24)9-23-5-4-18-10-23/h2-8,10H,9H2,1H3,(H,20,21,22,24). The van der Waals surface area contributed by atoms with Crippen LogP contribution in [0.25, 0.3) is 22.2 Å². The van der Waals surface area contributed by atoms with Gasteiger partial charge < -0.3 is 8.98 Å². The van der Waals surface area contributed by atoms with Crippen LogP contribution in [0, 0.1) is 6.92 Å². The number of rotatable bonds is 4. The Morgan fingerprint density at radius 2 is 2.20 bits per heavy atom. The van der Waals surface area contributed by atoms with Crippen molar-refractivity contribution in [2.24, 2.45) is 0 Å². The van der Waals surface area contributed by atoms with Crippen molar-refractivity contribution in [2.75, 3.05) is 5.32 Å². The lowest BCUT2D eigenvalue weighted by atomic mass is 10.1. The summed E-state index contributed by atoms with van der Waals surface area (Å²) >= 11 is 0. The number of benzene rings is 1. The molecule has 0 radical (unpaired) electrons. The molecule has 25 heavy (non-hydrogen) atoms. The van der Waals surface area contributed by atoms with E-state index in [0.29, 0.717) is 17.2 Å². The lowest BCUT2D eigenvalue weighted by Gasteiger charge is -2.06. The molecule has 0 saturated heterocycles. The van der Waals surface area contributed by atoms with Crippen molar-refractivity contribution in [3.8, 4) is 11.3 Å². The van der Waals surface area contributed by atoms with E-state index < -0.39 is 0 Å². The first-order valence-electron chi connectivity index (χ1n) is 7.62. The average Bonchev–Trinajstić information content (AvgIpc) is 3.26. The third-order valence-corrected chi connectivity index (χ3v) is 3.63. The Bertz CT molecular complexity index is 1040. The largest absolute Gasteiger partial charge is 0.441 e. The molecule has 0 aliphatic rings. The molecule has 3 heterocycles. The van der Waals surface area contributed by atoms with Gasteiger partial charge in [0.05, 0.1) is 18.0 Å². The first-order chi connectivity index (χ1) is 12.2. The van der Waals surface area contributed by atoms with Gasteiger partial charge in [-0.1, -0.05) is 12.1 Å². The molecule has 4 rings (SSSR count). The maximum atomic E-state index is 12.0. The van der Waals surface area contributed by atoms with E-state index >= 15 is 0 Å². The lowest BCUT2D eigenvalue weighted by molar-refractivity contribution is -0.116. The Labute approximate surface area is 142 Å². The van der Waals surface area contributed by atoms with Crippen LogP contribution in [-0.4, -0.2) is 30.4 Å². The van der Waals surface area contributed by atoms with Crippen LogP contribution in [0.4, 0.5) is 5.95 Å². The fourth-order valence-corrected chi connectivity index (χ4v) is 2.44. The van der Waals surface area contributed by atoms with E-state index in [1.54, 1.807) is 42.6 Å². The van der Waals surface area contributed by atoms with Gasteiger partial charge in [0.15, 0.2) is 11.7 Å². The summed E-state index contributed by atoms with van der Waals surface area (Å²) in [5, 5.41) is 3.56. The van der Waals surface area contributed by atoms with Crippen molar-refractivity contribution in [2.45, 2.75) is 13.5 Å². The molecule has 0 fully saturated rings. The fourth-order valence-electron chi connectivity index (χ4n) is 2.44. The zero-order chi connectivity index (χ0) is 17.2. The molecule has 4 aromatic rings. The van der Waals surface area contributed by atoms with Gasteiger partial charge in [0.2, 0.25) is 11.9 Å². The van der Waals surface area contributed by atoms with Crippen molar-refractivity contribution in [3.05, 3.63) is 55.2 Å². The minimum absolute atomic E-state index is 0.152. The summed E-state index contributed by atoms with van der Waals surface area (Å²) in [5.74, 6) is 1.30. The Morgan fingerprint density at radius 1 is 1.28 bits per heavy atom. The zero-order valence-electron chi connectivity index (χ0n) is 13.4. The molecule has 1 aromatic carbocycles. The van der Waals surface area contributed by atoms with Gasteiger partial charge in [-0.15, -0.1) is 0 Å². The van der Waals surface area contributed by atoms with Crippen LogP contribution in [0.5, 0.6) is 0 Å². The summed E-state index contributed by atoms with van der Waals surface area (Å²) in [4.78, 5) is 28.6. The molecule has 1 N–H and O–H groups in total. The number of carbonyl (C=O) groups excluding carboxylic acids is 1. The fraction of sp³-hybridized carbons (Fsp3) is 0.118. The number of nitrogens with one attached hydrogen (secondary N) is 1. The van der Waals surface area contributed by atoms with E-state index in [1.807, 2.05) is 18.2 Å². The summed E-state index contributed by atoms with van der Waals surface area (Å²) < 4.78 is 7.21. The minimum Gasteiger partial charge on any atom is -0.441 e. The number of anilines is 1. The number of nitrogens with zero attached hydrogens (tertiary/aromatic N) is 5. The summed E-state index contributed by atoms with van der Waals surface area (Å²) in [5.41, 5.74) is 1.57. The van der Waals surface area contributed by atoms with E-state index in [-0.39, 0.29) is 18.4 Å². The van der Waals surface area contributed by atoms with Crippen LogP contribution in [0.3, 0.4) is 0 Å². The van der Waals surface area contributed by atoms with Gasteiger partial charge in [0.25, 0.3) is 0 Å². The third kappa shape index (κ3) is 3.23. The molecule has 0 aliphatic heterocycles. The molecule has 8 nitrogen and oxygen atoms in total. The number of hydrogen-bond donors (Lipinski definition) is 1. The van der Waals surface area contributed by atoms with E-state index in [0.717, 1.165) is 10.9 Å². The van der Waals surface area contributed by atoms with Gasteiger partial charge in [-0.25, -0.2) is 19.9 Å².